The van der Waals surface area contributed by atoms with Crippen molar-refractivity contribution in [1.29, 1.82) is 0 Å². The third-order valence-corrected chi connectivity index (χ3v) is 4.47. The van der Waals surface area contributed by atoms with Crippen molar-refractivity contribution in [3.63, 3.8) is 0 Å². The van der Waals surface area contributed by atoms with Gasteiger partial charge in [-0.1, -0.05) is 0 Å². The van der Waals surface area contributed by atoms with E-state index in [1.807, 2.05) is 36.0 Å². The molecule has 2 aliphatic rings. The van der Waals surface area contributed by atoms with Crippen LogP contribution in [0.4, 0.5) is 10.6 Å². The molecule has 2 amide bonds. The quantitative estimate of drug-likeness (QED) is 0.880. The van der Waals surface area contributed by atoms with Crippen LogP contribution >= 0.6 is 0 Å². The Morgan fingerprint density at radius 1 is 1.50 bits per heavy atom. The minimum atomic E-state index is -0.00739. The zero-order chi connectivity index (χ0) is 16.9. The van der Waals surface area contributed by atoms with E-state index in [2.05, 4.69) is 10.3 Å². The number of ether oxygens (including phenoxy) is 2. The number of nitrogens with zero attached hydrogens (tertiary/aromatic N) is 3. The van der Waals surface area contributed by atoms with Crippen LogP contribution in [0.2, 0.25) is 0 Å². The molecule has 2 aliphatic heterocycles. The van der Waals surface area contributed by atoms with E-state index in [-0.39, 0.29) is 12.1 Å². The van der Waals surface area contributed by atoms with Crippen molar-refractivity contribution in [3.8, 4) is 5.75 Å². The Bertz CT molecular complexity index is 561. The first-order valence-corrected chi connectivity index (χ1v) is 8.53. The molecule has 3 heterocycles. The summed E-state index contributed by atoms with van der Waals surface area (Å²) in [5.41, 5.74) is 0. The van der Waals surface area contributed by atoms with Gasteiger partial charge in [0.05, 0.1) is 13.2 Å². The van der Waals surface area contributed by atoms with E-state index in [0.29, 0.717) is 19.0 Å². The fourth-order valence-electron chi connectivity index (χ4n) is 3.09. The summed E-state index contributed by atoms with van der Waals surface area (Å²) in [4.78, 5) is 20.4. The third-order valence-electron chi connectivity index (χ3n) is 4.47. The predicted molar refractivity (Wildman–Crippen MR) is 91.5 cm³/mol. The lowest BCUT2D eigenvalue weighted by Crippen LogP contribution is -2.41. The Morgan fingerprint density at radius 3 is 3.12 bits per heavy atom. The summed E-state index contributed by atoms with van der Waals surface area (Å²) in [6.07, 6.45) is 3.62. The molecule has 0 bridgehead atoms. The summed E-state index contributed by atoms with van der Waals surface area (Å²) in [5, 5.41) is 3.01. The lowest BCUT2D eigenvalue weighted by Gasteiger charge is -2.21. The molecule has 2 saturated heterocycles. The number of pyridine rings is 1. The first-order chi connectivity index (χ1) is 11.6. The van der Waals surface area contributed by atoms with Crippen molar-refractivity contribution in [1.82, 2.24) is 15.2 Å². The summed E-state index contributed by atoms with van der Waals surface area (Å²) in [6.45, 7) is 3.57. The number of aromatic nitrogens is 1. The molecule has 1 N–H and O–H groups in total. The number of nitrogens with one attached hydrogen (secondary N) is 1. The number of hydrogen-bond donors (Lipinski definition) is 1. The predicted octanol–water partition coefficient (Wildman–Crippen LogP) is 1.35. The summed E-state index contributed by atoms with van der Waals surface area (Å²) in [7, 11) is 3.88. The molecule has 7 nitrogen and oxygen atoms in total. The van der Waals surface area contributed by atoms with E-state index in [0.717, 1.165) is 44.2 Å². The van der Waals surface area contributed by atoms with Crippen LogP contribution in [-0.2, 0) is 4.74 Å². The lowest BCUT2D eigenvalue weighted by atomic mass is 10.1. The van der Waals surface area contributed by atoms with E-state index >= 15 is 0 Å². The molecule has 0 radical (unpaired) electrons. The van der Waals surface area contributed by atoms with Crippen LogP contribution in [0.15, 0.2) is 18.3 Å². The van der Waals surface area contributed by atoms with E-state index in [1.165, 1.54) is 0 Å². The topological polar surface area (TPSA) is 66.9 Å². The number of carbonyl (C=O) groups excluding carboxylic acids is 1. The highest BCUT2D eigenvalue weighted by atomic mass is 16.5. The molecule has 0 spiro atoms. The van der Waals surface area contributed by atoms with E-state index in [9.17, 15) is 4.79 Å². The molecule has 7 heteroatoms. The first kappa shape index (κ1) is 16.8. The van der Waals surface area contributed by atoms with Crippen molar-refractivity contribution in [2.24, 2.45) is 5.92 Å². The number of anilines is 1. The van der Waals surface area contributed by atoms with Crippen LogP contribution in [0.1, 0.15) is 12.8 Å². The monoisotopic (exact) mass is 334 g/mol. The minimum Gasteiger partial charge on any atom is -0.485 e. The van der Waals surface area contributed by atoms with Crippen LogP contribution in [0.25, 0.3) is 0 Å². The fourth-order valence-corrected chi connectivity index (χ4v) is 3.09. The van der Waals surface area contributed by atoms with Crippen molar-refractivity contribution in [2.75, 3.05) is 51.8 Å². The Hall–Kier alpha value is -2.02. The maximum atomic E-state index is 12.3. The van der Waals surface area contributed by atoms with Gasteiger partial charge in [-0.3, -0.25) is 0 Å². The van der Waals surface area contributed by atoms with Gasteiger partial charge in [-0.25, -0.2) is 9.78 Å². The molecule has 1 aromatic heterocycles. The molecule has 132 valence electrons. The van der Waals surface area contributed by atoms with Crippen LogP contribution in [-0.4, -0.2) is 69.0 Å². The molecular weight excluding hydrogens is 308 g/mol. The van der Waals surface area contributed by atoms with Crippen LogP contribution < -0.4 is 15.0 Å². The van der Waals surface area contributed by atoms with Gasteiger partial charge in [0.25, 0.3) is 0 Å². The summed E-state index contributed by atoms with van der Waals surface area (Å²) < 4.78 is 11.4. The number of likely N-dealkylation sites (tertiary alicyclic amines) is 1. The van der Waals surface area contributed by atoms with Gasteiger partial charge < -0.3 is 24.6 Å². The number of urea groups is 1. The van der Waals surface area contributed by atoms with Gasteiger partial charge >= 0.3 is 6.03 Å². The van der Waals surface area contributed by atoms with Crippen LogP contribution in [0.3, 0.4) is 0 Å². The van der Waals surface area contributed by atoms with Crippen molar-refractivity contribution >= 4 is 11.8 Å². The zero-order valence-corrected chi connectivity index (χ0v) is 14.4. The van der Waals surface area contributed by atoms with E-state index < -0.39 is 0 Å². The third kappa shape index (κ3) is 4.08. The molecular formula is C17H26N4O3. The maximum absolute atomic E-state index is 12.3. The smallest absolute Gasteiger partial charge is 0.317 e. The van der Waals surface area contributed by atoms with E-state index in [1.54, 1.807) is 6.20 Å². The Kier molecular flexibility index (Phi) is 5.40. The highest BCUT2D eigenvalue weighted by Gasteiger charge is 2.29. The maximum Gasteiger partial charge on any atom is 0.317 e. The lowest BCUT2D eigenvalue weighted by molar-refractivity contribution is 0.178. The van der Waals surface area contributed by atoms with Gasteiger partial charge in [-0.2, -0.15) is 0 Å². The first-order valence-electron chi connectivity index (χ1n) is 8.53. The van der Waals surface area contributed by atoms with Crippen LogP contribution in [0, 0.1) is 5.92 Å². The van der Waals surface area contributed by atoms with Crippen molar-refractivity contribution in [2.45, 2.75) is 18.9 Å². The van der Waals surface area contributed by atoms with Crippen molar-refractivity contribution in [3.05, 3.63) is 18.3 Å². The number of carbonyl (C=O) groups is 1. The molecule has 2 atom stereocenters. The molecule has 0 aromatic carbocycles. The molecule has 2 fully saturated rings. The average molecular weight is 334 g/mol. The van der Waals surface area contributed by atoms with E-state index in [4.69, 9.17) is 9.47 Å². The standard InChI is InChI=1S/C17H26N4O3/c1-20(2)16-15(4-3-7-18-16)24-14-5-8-21(11-14)17(22)19-10-13-6-9-23-12-13/h3-4,7,13-14H,5-6,8-12H2,1-2H3,(H,19,22)/t13-,14-/m1/s1. The number of rotatable bonds is 5. The average Bonchev–Trinajstić information content (AvgIpc) is 3.24. The molecule has 24 heavy (non-hydrogen) atoms. The molecule has 0 unspecified atom stereocenters. The van der Waals surface area contributed by atoms with Crippen LogP contribution in [0.5, 0.6) is 5.75 Å². The van der Waals surface area contributed by atoms with Gasteiger partial charge in [-0.15, -0.1) is 0 Å². The Balaban J connectivity index is 1.49. The fraction of sp³-hybridized carbons (Fsp3) is 0.647. The second kappa shape index (κ2) is 7.70. The molecule has 0 aliphatic carbocycles. The van der Waals surface area contributed by atoms with Crippen molar-refractivity contribution < 1.29 is 14.3 Å². The second-order valence-electron chi connectivity index (χ2n) is 6.61. The van der Waals surface area contributed by atoms with Gasteiger partial charge in [0.15, 0.2) is 11.6 Å². The minimum absolute atomic E-state index is 0.00739. The second-order valence-corrected chi connectivity index (χ2v) is 6.61. The Morgan fingerprint density at radius 2 is 2.38 bits per heavy atom. The summed E-state index contributed by atoms with van der Waals surface area (Å²) in [5.74, 6) is 2.01. The Labute approximate surface area is 142 Å². The van der Waals surface area contributed by atoms with Gasteiger partial charge in [0.2, 0.25) is 0 Å². The highest BCUT2D eigenvalue weighted by molar-refractivity contribution is 5.74. The molecule has 3 rings (SSSR count). The highest BCUT2D eigenvalue weighted by Crippen LogP contribution is 2.26. The normalized spacial score (nSPS) is 23.3. The van der Waals surface area contributed by atoms with Gasteiger partial charge in [0, 0.05) is 52.3 Å². The largest absolute Gasteiger partial charge is 0.485 e. The van der Waals surface area contributed by atoms with Gasteiger partial charge in [0.1, 0.15) is 6.10 Å². The molecule has 0 saturated carbocycles. The molecule has 1 aromatic rings. The van der Waals surface area contributed by atoms with Gasteiger partial charge in [-0.05, 0) is 18.6 Å². The number of hydrogen-bond acceptors (Lipinski definition) is 5. The number of amides is 2. The summed E-state index contributed by atoms with van der Waals surface area (Å²) >= 11 is 0. The SMILES string of the molecule is CN(C)c1ncccc1O[C@@H]1CCN(C(=O)NC[C@H]2CCOC2)C1. The summed E-state index contributed by atoms with van der Waals surface area (Å²) in [6, 6.07) is 3.78. The zero-order valence-electron chi connectivity index (χ0n) is 14.4.